The number of hydrogen-bond acceptors (Lipinski definition) is 6. The first-order valence-corrected chi connectivity index (χ1v) is 9.44. The molecule has 7 nitrogen and oxygen atoms in total. The average Bonchev–Trinajstić information content (AvgIpc) is 3.26. The number of nitrogens with one attached hydrogen (secondary N) is 1. The quantitative estimate of drug-likeness (QED) is 0.657. The molecule has 0 fully saturated rings. The standard InChI is InChI=1S/C18H15ClN4O3S/c1-23-17(11-3-2-4-12(19)7-11)21-22-18(23)27-9-16(24)20-13-5-6-14-15(8-13)26-10-25-14/h2-8H,9-10H2,1H3,(H,20,24). The van der Waals surface area contributed by atoms with Gasteiger partial charge in [-0.25, -0.2) is 0 Å². The highest BCUT2D eigenvalue weighted by Gasteiger charge is 2.16. The highest BCUT2D eigenvalue weighted by atomic mass is 35.5. The van der Waals surface area contributed by atoms with Crippen molar-refractivity contribution >= 4 is 35.0 Å². The normalized spacial score (nSPS) is 12.2. The van der Waals surface area contributed by atoms with Gasteiger partial charge in [0.2, 0.25) is 12.7 Å². The van der Waals surface area contributed by atoms with Gasteiger partial charge in [-0.05, 0) is 24.3 Å². The summed E-state index contributed by atoms with van der Waals surface area (Å²) in [6, 6.07) is 12.7. The van der Waals surface area contributed by atoms with Crippen molar-refractivity contribution in [2.75, 3.05) is 17.9 Å². The lowest BCUT2D eigenvalue weighted by atomic mass is 10.2. The molecule has 1 aromatic heterocycles. The second-order valence-corrected chi connectivity index (χ2v) is 7.16. The number of ether oxygens (including phenoxy) is 2. The van der Waals surface area contributed by atoms with Crippen LogP contribution in [0.2, 0.25) is 5.02 Å². The summed E-state index contributed by atoms with van der Waals surface area (Å²) in [4.78, 5) is 12.2. The fourth-order valence-corrected chi connectivity index (χ4v) is 3.52. The predicted molar refractivity (Wildman–Crippen MR) is 103 cm³/mol. The van der Waals surface area contributed by atoms with Gasteiger partial charge in [-0.1, -0.05) is 35.5 Å². The largest absolute Gasteiger partial charge is 0.454 e. The molecular weight excluding hydrogens is 388 g/mol. The zero-order chi connectivity index (χ0) is 18.8. The molecule has 1 N–H and O–H groups in total. The number of thioether (sulfide) groups is 1. The first-order valence-electron chi connectivity index (χ1n) is 8.08. The smallest absolute Gasteiger partial charge is 0.234 e. The van der Waals surface area contributed by atoms with Crippen molar-refractivity contribution in [2.45, 2.75) is 5.16 Å². The molecule has 0 unspecified atom stereocenters. The van der Waals surface area contributed by atoms with E-state index in [9.17, 15) is 4.79 Å². The fourth-order valence-electron chi connectivity index (χ4n) is 2.62. The first kappa shape index (κ1) is 17.7. The van der Waals surface area contributed by atoms with Gasteiger partial charge < -0.3 is 19.4 Å². The average molecular weight is 403 g/mol. The Bertz CT molecular complexity index is 1010. The molecule has 0 saturated heterocycles. The van der Waals surface area contributed by atoms with Crippen LogP contribution in [0.5, 0.6) is 11.5 Å². The van der Waals surface area contributed by atoms with Crippen LogP contribution in [0.25, 0.3) is 11.4 Å². The van der Waals surface area contributed by atoms with Crippen molar-refractivity contribution in [3.8, 4) is 22.9 Å². The molecule has 2 heterocycles. The molecule has 4 rings (SSSR count). The third-order valence-electron chi connectivity index (χ3n) is 3.91. The number of aromatic nitrogens is 3. The maximum Gasteiger partial charge on any atom is 0.234 e. The Hall–Kier alpha value is -2.71. The van der Waals surface area contributed by atoms with Crippen LogP contribution in [-0.2, 0) is 11.8 Å². The molecule has 0 spiro atoms. The van der Waals surface area contributed by atoms with Gasteiger partial charge in [0, 0.05) is 29.4 Å². The number of rotatable bonds is 5. The minimum Gasteiger partial charge on any atom is -0.454 e. The molecule has 0 radical (unpaired) electrons. The van der Waals surface area contributed by atoms with Gasteiger partial charge in [-0.15, -0.1) is 10.2 Å². The lowest BCUT2D eigenvalue weighted by Gasteiger charge is -2.06. The number of amides is 1. The molecular formula is C18H15ClN4O3S. The molecule has 0 atom stereocenters. The van der Waals surface area contributed by atoms with Crippen molar-refractivity contribution < 1.29 is 14.3 Å². The summed E-state index contributed by atoms with van der Waals surface area (Å²) in [6.45, 7) is 0.198. The SMILES string of the molecule is Cn1c(SCC(=O)Nc2ccc3c(c2)OCO3)nnc1-c1cccc(Cl)c1. The van der Waals surface area contributed by atoms with Gasteiger partial charge in [-0.2, -0.15) is 0 Å². The molecule has 2 aromatic carbocycles. The number of nitrogens with zero attached hydrogens (tertiary/aromatic N) is 3. The van der Waals surface area contributed by atoms with E-state index >= 15 is 0 Å². The summed E-state index contributed by atoms with van der Waals surface area (Å²) >= 11 is 7.34. The molecule has 0 aliphatic carbocycles. The summed E-state index contributed by atoms with van der Waals surface area (Å²) in [5.41, 5.74) is 1.52. The van der Waals surface area contributed by atoms with Gasteiger partial charge in [0.1, 0.15) is 0 Å². The van der Waals surface area contributed by atoms with E-state index in [1.807, 2.05) is 29.8 Å². The summed E-state index contributed by atoms with van der Waals surface area (Å²) in [6.07, 6.45) is 0. The number of anilines is 1. The minimum atomic E-state index is -0.147. The van der Waals surface area contributed by atoms with Crippen molar-refractivity contribution in [3.63, 3.8) is 0 Å². The topological polar surface area (TPSA) is 78.3 Å². The molecule has 3 aromatic rings. The Kier molecular flexibility index (Phi) is 4.91. The Morgan fingerprint density at radius 3 is 2.93 bits per heavy atom. The van der Waals surface area contributed by atoms with Crippen LogP contribution in [0.3, 0.4) is 0 Å². The molecule has 138 valence electrons. The maximum atomic E-state index is 12.2. The van der Waals surface area contributed by atoms with Gasteiger partial charge in [0.25, 0.3) is 0 Å². The molecule has 1 aliphatic rings. The van der Waals surface area contributed by atoms with E-state index < -0.39 is 0 Å². The predicted octanol–water partition coefficient (Wildman–Crippen LogP) is 3.60. The highest BCUT2D eigenvalue weighted by Crippen LogP contribution is 2.34. The highest BCUT2D eigenvalue weighted by molar-refractivity contribution is 7.99. The number of benzene rings is 2. The van der Waals surface area contributed by atoms with Crippen molar-refractivity contribution in [1.82, 2.24) is 14.8 Å². The summed E-state index contributed by atoms with van der Waals surface area (Å²) in [5.74, 6) is 2.05. The number of carbonyl (C=O) groups is 1. The zero-order valence-electron chi connectivity index (χ0n) is 14.3. The molecule has 0 saturated carbocycles. The van der Waals surface area contributed by atoms with Gasteiger partial charge in [0.15, 0.2) is 22.5 Å². The molecule has 1 aliphatic heterocycles. The summed E-state index contributed by atoms with van der Waals surface area (Å²) < 4.78 is 12.4. The van der Waals surface area contributed by atoms with Crippen LogP contribution in [0.4, 0.5) is 5.69 Å². The monoisotopic (exact) mass is 402 g/mol. The Morgan fingerprint density at radius 2 is 2.07 bits per heavy atom. The van der Waals surface area contributed by atoms with Gasteiger partial charge in [-0.3, -0.25) is 4.79 Å². The number of fused-ring (bicyclic) bond motifs is 1. The van der Waals surface area contributed by atoms with Crippen molar-refractivity contribution in [1.29, 1.82) is 0 Å². The van der Waals surface area contributed by atoms with E-state index in [4.69, 9.17) is 21.1 Å². The van der Waals surface area contributed by atoms with Crippen molar-refractivity contribution in [2.24, 2.45) is 7.05 Å². The summed E-state index contributed by atoms with van der Waals surface area (Å²) in [5, 5.41) is 12.5. The van der Waals surface area contributed by atoms with Crippen molar-refractivity contribution in [3.05, 3.63) is 47.5 Å². The second kappa shape index (κ2) is 7.50. The van der Waals surface area contributed by atoms with Gasteiger partial charge in [0.05, 0.1) is 5.75 Å². The zero-order valence-corrected chi connectivity index (χ0v) is 15.9. The molecule has 0 bridgehead atoms. The van der Waals surface area contributed by atoms with Crippen LogP contribution < -0.4 is 14.8 Å². The van der Waals surface area contributed by atoms with E-state index in [0.29, 0.717) is 33.2 Å². The van der Waals surface area contributed by atoms with Crippen LogP contribution in [0.15, 0.2) is 47.6 Å². The third-order valence-corrected chi connectivity index (χ3v) is 5.16. The van der Waals surface area contributed by atoms with E-state index in [1.54, 1.807) is 24.3 Å². The Balaban J connectivity index is 1.39. The second-order valence-electron chi connectivity index (χ2n) is 5.78. The van der Waals surface area contributed by atoms with Crippen LogP contribution in [0, 0.1) is 0 Å². The molecule has 27 heavy (non-hydrogen) atoms. The minimum absolute atomic E-state index is 0.147. The third kappa shape index (κ3) is 3.86. The Morgan fingerprint density at radius 1 is 1.22 bits per heavy atom. The van der Waals surface area contributed by atoms with Crippen LogP contribution >= 0.6 is 23.4 Å². The summed E-state index contributed by atoms with van der Waals surface area (Å²) in [7, 11) is 1.86. The fraction of sp³-hybridized carbons (Fsp3) is 0.167. The number of halogens is 1. The van der Waals surface area contributed by atoms with E-state index in [-0.39, 0.29) is 18.5 Å². The Labute approximate surface area is 164 Å². The maximum absolute atomic E-state index is 12.2. The van der Waals surface area contributed by atoms with E-state index in [1.165, 1.54) is 11.8 Å². The van der Waals surface area contributed by atoms with Crippen LogP contribution in [-0.4, -0.2) is 33.2 Å². The van der Waals surface area contributed by atoms with Crippen LogP contribution in [0.1, 0.15) is 0 Å². The van der Waals surface area contributed by atoms with Gasteiger partial charge >= 0.3 is 0 Å². The lowest BCUT2D eigenvalue weighted by Crippen LogP contribution is -2.14. The lowest BCUT2D eigenvalue weighted by molar-refractivity contribution is -0.113. The number of carbonyl (C=O) groups excluding carboxylic acids is 1. The van der Waals surface area contributed by atoms with E-state index in [0.717, 1.165) is 5.56 Å². The number of hydrogen-bond donors (Lipinski definition) is 1. The first-order chi connectivity index (χ1) is 13.1. The van der Waals surface area contributed by atoms with E-state index in [2.05, 4.69) is 15.5 Å². The molecule has 9 heteroatoms. The molecule has 1 amide bonds.